The number of hydrogen-bond acceptors (Lipinski definition) is 8. The van der Waals surface area contributed by atoms with Gasteiger partial charge in [0, 0.05) is 81.6 Å². The molecule has 308 valence electrons. The van der Waals surface area contributed by atoms with Gasteiger partial charge in [-0.05, 0) is 126 Å². The number of phenolic OH excluding ortho intramolecular Hbond substituents is 1. The fraction of sp³-hybridized carbons (Fsp3) is 0.413. The quantitative estimate of drug-likeness (QED) is 0.185. The fourth-order valence-electron chi connectivity index (χ4n) is 10.1. The van der Waals surface area contributed by atoms with Crippen LogP contribution in [-0.4, -0.2) is 90.8 Å². The van der Waals surface area contributed by atoms with Crippen LogP contribution in [0.15, 0.2) is 84.9 Å². The van der Waals surface area contributed by atoms with Crippen LogP contribution in [-0.2, 0) is 22.6 Å². The molecule has 1 aliphatic carbocycles. The zero-order chi connectivity index (χ0) is 40.8. The highest BCUT2D eigenvalue weighted by molar-refractivity contribution is 6.05. The predicted molar refractivity (Wildman–Crippen MR) is 217 cm³/mol. The molecule has 0 aromatic heterocycles. The number of benzene rings is 4. The van der Waals surface area contributed by atoms with E-state index < -0.39 is 18.3 Å². The van der Waals surface area contributed by atoms with E-state index in [9.17, 15) is 32.7 Å². The molecule has 5 aliphatic rings. The topological polar surface area (TPSA) is 106 Å². The summed E-state index contributed by atoms with van der Waals surface area (Å²) in [5.74, 6) is -0.401. The molecule has 4 heterocycles. The average molecular weight is 808 g/mol. The summed E-state index contributed by atoms with van der Waals surface area (Å²) in [7, 11) is 0. The van der Waals surface area contributed by atoms with Gasteiger partial charge in [-0.15, -0.1) is 13.2 Å². The first kappa shape index (κ1) is 38.9. The SMILES string of the molecule is O=C1CC[C@H](N2Cc3cc(N4CCN(CC5CCN(c6ccc([C@H]7c8ccc(O)cc8CC[C@H]7c7cccc(OC(F)(F)F)c7)cc6)CC5)CC4)ccc3C2=O)C(=O)N1. The van der Waals surface area contributed by atoms with Gasteiger partial charge in [0.1, 0.15) is 17.5 Å². The Hall–Kier alpha value is -5.56. The molecule has 4 aromatic carbocycles. The maximum absolute atomic E-state index is 13.2. The van der Waals surface area contributed by atoms with Crippen LogP contribution in [0.4, 0.5) is 24.5 Å². The van der Waals surface area contributed by atoms with Crippen molar-refractivity contribution in [3.8, 4) is 11.5 Å². The van der Waals surface area contributed by atoms with E-state index in [1.165, 1.54) is 12.1 Å². The second-order valence-electron chi connectivity index (χ2n) is 16.7. The molecule has 0 saturated carbocycles. The Balaban J connectivity index is 0.794. The molecule has 59 heavy (non-hydrogen) atoms. The van der Waals surface area contributed by atoms with Crippen molar-refractivity contribution in [2.45, 2.75) is 69.3 Å². The molecule has 0 spiro atoms. The number of fused-ring (bicyclic) bond motifs is 2. The minimum Gasteiger partial charge on any atom is -0.508 e. The Labute approximate surface area is 341 Å². The molecule has 3 amide bonds. The van der Waals surface area contributed by atoms with E-state index in [1.807, 2.05) is 24.3 Å². The lowest BCUT2D eigenvalue weighted by Crippen LogP contribution is -2.52. The smallest absolute Gasteiger partial charge is 0.508 e. The minimum absolute atomic E-state index is 0.0656. The maximum Gasteiger partial charge on any atom is 0.573 e. The van der Waals surface area contributed by atoms with E-state index >= 15 is 0 Å². The van der Waals surface area contributed by atoms with E-state index in [0.717, 1.165) is 104 Å². The number of hydrogen-bond donors (Lipinski definition) is 2. The molecule has 4 aliphatic heterocycles. The number of carbonyl (C=O) groups is 3. The molecule has 9 rings (SSSR count). The Morgan fingerprint density at radius 2 is 1.47 bits per heavy atom. The lowest BCUT2D eigenvalue weighted by atomic mass is 9.69. The lowest BCUT2D eigenvalue weighted by molar-refractivity contribution is -0.274. The van der Waals surface area contributed by atoms with Gasteiger partial charge in [-0.25, -0.2) is 0 Å². The highest BCUT2D eigenvalue weighted by atomic mass is 19.4. The fourth-order valence-corrected chi connectivity index (χ4v) is 10.1. The third-order valence-corrected chi connectivity index (χ3v) is 13.1. The summed E-state index contributed by atoms with van der Waals surface area (Å²) in [6.07, 6.45) is -0.536. The molecule has 10 nitrogen and oxygen atoms in total. The van der Waals surface area contributed by atoms with Crippen LogP contribution in [0, 0.1) is 5.92 Å². The number of nitrogens with zero attached hydrogens (tertiary/aromatic N) is 4. The summed E-state index contributed by atoms with van der Waals surface area (Å²) in [5, 5.41) is 12.6. The minimum atomic E-state index is -4.77. The van der Waals surface area contributed by atoms with Crippen LogP contribution >= 0.6 is 0 Å². The maximum atomic E-state index is 13.2. The first-order chi connectivity index (χ1) is 28.5. The number of rotatable bonds is 8. The molecule has 0 unspecified atom stereocenters. The van der Waals surface area contributed by atoms with Gasteiger partial charge in [0.2, 0.25) is 11.8 Å². The van der Waals surface area contributed by atoms with E-state index in [0.29, 0.717) is 30.9 Å². The van der Waals surface area contributed by atoms with Crippen LogP contribution in [0.1, 0.15) is 82.1 Å². The van der Waals surface area contributed by atoms with E-state index in [2.05, 4.69) is 55.1 Å². The molecule has 3 atom stereocenters. The van der Waals surface area contributed by atoms with Crippen molar-refractivity contribution < 1.29 is 37.4 Å². The van der Waals surface area contributed by atoms with Crippen LogP contribution in [0.3, 0.4) is 0 Å². The summed E-state index contributed by atoms with van der Waals surface area (Å²) < 4.78 is 43.6. The standard InChI is InChI=1S/C46H48F3N5O5/c47-46(48,49)59-37-3-1-2-31(26-37)38-11-6-32-25-36(55)10-13-39(32)43(38)30-4-7-34(8-5-30)52-18-16-29(17-19-52)27-51-20-22-53(23-21-51)35-9-12-40-33(24-35)28-54(45(40)58)41-14-15-42(56)50-44(41)57/h1-5,7-10,12-13,24-26,29,38,41,43,55H,6,11,14-23,27-28H2,(H,50,56,57)/t38-,41-,43+/m0/s1. The number of phenols is 1. The molecular formula is C46H48F3N5O5. The normalized spacial score (nSPS) is 22.9. The molecule has 2 N–H and O–H groups in total. The van der Waals surface area contributed by atoms with Gasteiger partial charge in [0.15, 0.2) is 0 Å². The van der Waals surface area contributed by atoms with Gasteiger partial charge in [0.05, 0.1) is 0 Å². The van der Waals surface area contributed by atoms with Crippen LogP contribution in [0.25, 0.3) is 0 Å². The van der Waals surface area contributed by atoms with Crippen LogP contribution < -0.4 is 19.9 Å². The third kappa shape index (κ3) is 8.21. The number of aromatic hydroxyl groups is 1. The van der Waals surface area contributed by atoms with E-state index in [1.54, 1.807) is 23.1 Å². The number of anilines is 2. The van der Waals surface area contributed by atoms with Crippen molar-refractivity contribution in [3.63, 3.8) is 0 Å². The Morgan fingerprint density at radius 3 is 2.22 bits per heavy atom. The Bertz CT molecular complexity index is 2230. The Morgan fingerprint density at radius 1 is 0.729 bits per heavy atom. The zero-order valence-electron chi connectivity index (χ0n) is 32.8. The average Bonchev–Trinajstić information content (AvgIpc) is 3.55. The first-order valence-electron chi connectivity index (χ1n) is 20.7. The van der Waals surface area contributed by atoms with E-state index in [4.69, 9.17) is 0 Å². The number of halogens is 3. The number of alkyl halides is 3. The molecule has 3 saturated heterocycles. The number of ether oxygens (including phenoxy) is 1. The summed E-state index contributed by atoms with van der Waals surface area (Å²) in [4.78, 5) is 46.2. The Kier molecular flexibility index (Phi) is 10.5. The number of imide groups is 1. The van der Waals surface area contributed by atoms with Gasteiger partial charge in [-0.3, -0.25) is 24.6 Å². The van der Waals surface area contributed by atoms with Crippen molar-refractivity contribution in [2.75, 3.05) is 55.6 Å². The molecule has 0 bridgehead atoms. The second kappa shape index (κ2) is 15.9. The monoisotopic (exact) mass is 807 g/mol. The van der Waals surface area contributed by atoms with Crippen molar-refractivity contribution >= 4 is 29.1 Å². The summed E-state index contributed by atoms with van der Waals surface area (Å²) in [5.41, 5.74) is 7.83. The van der Waals surface area contributed by atoms with Crippen molar-refractivity contribution in [1.29, 1.82) is 0 Å². The largest absolute Gasteiger partial charge is 0.573 e. The van der Waals surface area contributed by atoms with Crippen molar-refractivity contribution in [2.24, 2.45) is 5.92 Å². The number of carbonyl (C=O) groups excluding carboxylic acids is 3. The molecular weight excluding hydrogens is 760 g/mol. The number of aryl methyl sites for hydroxylation is 1. The molecule has 4 aromatic rings. The number of amides is 3. The van der Waals surface area contributed by atoms with Gasteiger partial charge in [-0.2, -0.15) is 0 Å². The number of piperazine rings is 1. The van der Waals surface area contributed by atoms with Crippen molar-refractivity contribution in [1.82, 2.24) is 15.1 Å². The zero-order valence-corrected chi connectivity index (χ0v) is 32.8. The van der Waals surface area contributed by atoms with Crippen molar-refractivity contribution in [3.05, 3.63) is 118 Å². The summed E-state index contributed by atoms with van der Waals surface area (Å²) >= 11 is 0. The highest BCUT2D eigenvalue weighted by Crippen LogP contribution is 2.48. The summed E-state index contributed by atoms with van der Waals surface area (Å²) in [6, 6.07) is 25.8. The molecule has 3 fully saturated rings. The summed E-state index contributed by atoms with van der Waals surface area (Å²) in [6.45, 7) is 7.09. The van der Waals surface area contributed by atoms with E-state index in [-0.39, 0.29) is 41.6 Å². The predicted octanol–water partition coefficient (Wildman–Crippen LogP) is 6.95. The van der Waals surface area contributed by atoms with Gasteiger partial charge in [-0.1, -0.05) is 30.3 Å². The number of nitrogens with one attached hydrogen (secondary N) is 1. The highest BCUT2D eigenvalue weighted by Gasteiger charge is 2.40. The van der Waals surface area contributed by atoms with Gasteiger partial charge in [0.25, 0.3) is 5.91 Å². The van der Waals surface area contributed by atoms with Crippen LogP contribution in [0.5, 0.6) is 11.5 Å². The first-order valence-corrected chi connectivity index (χ1v) is 20.7. The lowest BCUT2D eigenvalue weighted by Gasteiger charge is -2.40. The molecule has 0 radical (unpaired) electrons. The van der Waals surface area contributed by atoms with Gasteiger partial charge < -0.3 is 24.5 Å². The van der Waals surface area contributed by atoms with Gasteiger partial charge >= 0.3 is 6.36 Å². The second-order valence-corrected chi connectivity index (χ2v) is 16.7. The van der Waals surface area contributed by atoms with Crippen LogP contribution in [0.2, 0.25) is 0 Å². The number of piperidine rings is 2. The molecule has 13 heteroatoms. The third-order valence-electron chi connectivity index (χ3n) is 13.1.